The molecule has 3 aromatic rings. The van der Waals surface area contributed by atoms with Crippen LogP contribution in [-0.2, 0) is 11.2 Å². The number of carbonyl (C=O) groups excluding carboxylic acids is 2. The van der Waals surface area contributed by atoms with Gasteiger partial charge < -0.3 is 20.9 Å². The summed E-state index contributed by atoms with van der Waals surface area (Å²) in [5.41, 5.74) is 0.540. The highest BCUT2D eigenvalue weighted by molar-refractivity contribution is 14.1. The monoisotopic (exact) mass is 552 g/mol. The number of hydrogen-bond donors (Lipinski definition) is 4. The average molecular weight is 552 g/mol. The lowest BCUT2D eigenvalue weighted by Gasteiger charge is -2.37. The maximum atomic E-state index is 14.3. The highest BCUT2D eigenvalue weighted by Crippen LogP contribution is 2.23. The molecule has 0 atom stereocenters. The Morgan fingerprint density at radius 2 is 1.91 bits per heavy atom. The summed E-state index contributed by atoms with van der Waals surface area (Å²) in [5, 5.41) is 9.70. The second-order valence-electron chi connectivity index (χ2n) is 7.89. The summed E-state index contributed by atoms with van der Waals surface area (Å²) in [6.45, 7) is 1.44. The summed E-state index contributed by atoms with van der Waals surface area (Å²) < 4.78 is 28.4. The van der Waals surface area contributed by atoms with Crippen molar-refractivity contribution in [2.75, 3.05) is 19.6 Å². The van der Waals surface area contributed by atoms with Crippen LogP contribution in [0.4, 0.5) is 8.78 Å². The molecule has 0 radical (unpaired) electrons. The minimum atomic E-state index is -1.12. The summed E-state index contributed by atoms with van der Waals surface area (Å²) in [6, 6.07) is 8.96. The molecule has 1 aliphatic rings. The molecular weight excluding hydrogens is 529 g/mol. The Kier molecular flexibility index (Phi) is 6.75. The fourth-order valence-electron chi connectivity index (χ4n) is 4.09. The molecule has 1 saturated heterocycles. The fraction of sp³-hybridized carbons (Fsp3) is 0.304. The van der Waals surface area contributed by atoms with Gasteiger partial charge in [0, 0.05) is 27.2 Å². The van der Waals surface area contributed by atoms with Gasteiger partial charge in [-0.3, -0.25) is 9.59 Å². The highest BCUT2D eigenvalue weighted by Gasteiger charge is 2.41. The first kappa shape index (κ1) is 22.7. The van der Waals surface area contributed by atoms with Crippen molar-refractivity contribution in [2.45, 2.75) is 24.8 Å². The summed E-state index contributed by atoms with van der Waals surface area (Å²) in [4.78, 5) is 29.2. The molecule has 4 N–H and O–H groups in total. The van der Waals surface area contributed by atoms with Crippen LogP contribution in [0, 0.1) is 15.2 Å². The highest BCUT2D eigenvalue weighted by atomic mass is 127. The molecule has 32 heavy (non-hydrogen) atoms. The first-order valence-corrected chi connectivity index (χ1v) is 11.5. The Balaban J connectivity index is 1.47. The molecule has 0 unspecified atom stereocenters. The van der Waals surface area contributed by atoms with E-state index in [2.05, 4.69) is 20.9 Å². The quantitative estimate of drug-likeness (QED) is 0.355. The first-order chi connectivity index (χ1) is 15.4. The van der Waals surface area contributed by atoms with Crippen LogP contribution < -0.4 is 16.0 Å². The van der Waals surface area contributed by atoms with Crippen LogP contribution >= 0.6 is 22.6 Å². The number of nitrogens with one attached hydrogen (secondary N) is 4. The number of aromatic amines is 1. The Bertz CT molecular complexity index is 1140. The van der Waals surface area contributed by atoms with Crippen molar-refractivity contribution in [2.24, 2.45) is 0 Å². The molecule has 6 nitrogen and oxygen atoms in total. The van der Waals surface area contributed by atoms with E-state index >= 15 is 0 Å². The van der Waals surface area contributed by atoms with Gasteiger partial charge in [-0.05, 0) is 90.8 Å². The Morgan fingerprint density at radius 1 is 1.12 bits per heavy atom. The lowest BCUT2D eigenvalue weighted by molar-refractivity contribution is -0.128. The molecule has 9 heteroatoms. The number of H-pyrrole nitrogens is 1. The predicted octanol–water partition coefficient (Wildman–Crippen LogP) is 3.26. The Hall–Kier alpha value is -2.53. The van der Waals surface area contributed by atoms with Gasteiger partial charge >= 0.3 is 0 Å². The van der Waals surface area contributed by atoms with E-state index in [-0.39, 0.29) is 17.3 Å². The minimum absolute atomic E-state index is 0.0559. The van der Waals surface area contributed by atoms with Crippen molar-refractivity contribution >= 4 is 45.3 Å². The SMILES string of the molecule is O=C(NC1(C(=O)NCCc2c[nH]c3ccc(F)cc23)CCNCC1)c1c(F)cccc1I. The first-order valence-electron chi connectivity index (χ1n) is 10.4. The van der Waals surface area contributed by atoms with Gasteiger partial charge in [-0.15, -0.1) is 0 Å². The van der Waals surface area contributed by atoms with E-state index in [0.717, 1.165) is 16.5 Å². The lowest BCUT2D eigenvalue weighted by Crippen LogP contribution is -2.63. The third-order valence-corrected chi connectivity index (χ3v) is 6.74. The Labute approximate surface area is 197 Å². The van der Waals surface area contributed by atoms with Crippen molar-refractivity contribution < 1.29 is 18.4 Å². The van der Waals surface area contributed by atoms with Crippen LogP contribution in [0.1, 0.15) is 28.8 Å². The van der Waals surface area contributed by atoms with Crippen molar-refractivity contribution in [3.05, 3.63) is 68.9 Å². The molecule has 0 spiro atoms. The fourth-order valence-corrected chi connectivity index (χ4v) is 4.80. The van der Waals surface area contributed by atoms with Crippen molar-refractivity contribution in [3.8, 4) is 0 Å². The van der Waals surface area contributed by atoms with Crippen LogP contribution in [0.3, 0.4) is 0 Å². The molecule has 1 aromatic heterocycles. The van der Waals surface area contributed by atoms with Crippen molar-refractivity contribution in [3.63, 3.8) is 0 Å². The van der Waals surface area contributed by atoms with E-state index in [9.17, 15) is 18.4 Å². The number of fused-ring (bicyclic) bond motifs is 1. The van der Waals surface area contributed by atoms with Gasteiger partial charge in [0.05, 0.1) is 5.56 Å². The molecule has 0 bridgehead atoms. The Morgan fingerprint density at radius 3 is 2.66 bits per heavy atom. The van der Waals surface area contributed by atoms with Crippen LogP contribution in [0.25, 0.3) is 10.9 Å². The van der Waals surface area contributed by atoms with Gasteiger partial charge in [0.1, 0.15) is 17.2 Å². The number of piperidine rings is 1. The van der Waals surface area contributed by atoms with Gasteiger partial charge in [0.2, 0.25) is 5.91 Å². The number of amides is 2. The topological polar surface area (TPSA) is 86.0 Å². The summed E-state index contributed by atoms with van der Waals surface area (Å²) in [6.07, 6.45) is 3.10. The molecule has 1 fully saturated rings. The van der Waals surface area contributed by atoms with E-state index in [0.29, 0.717) is 42.5 Å². The number of hydrogen-bond acceptors (Lipinski definition) is 3. The molecule has 1 aliphatic heterocycles. The van der Waals surface area contributed by atoms with Gasteiger partial charge in [0.25, 0.3) is 5.91 Å². The smallest absolute Gasteiger partial charge is 0.256 e. The van der Waals surface area contributed by atoms with Gasteiger partial charge in [-0.2, -0.15) is 0 Å². The van der Waals surface area contributed by atoms with Crippen molar-refractivity contribution in [1.82, 2.24) is 20.9 Å². The maximum absolute atomic E-state index is 14.3. The lowest BCUT2D eigenvalue weighted by atomic mass is 9.86. The van der Waals surface area contributed by atoms with Crippen molar-refractivity contribution in [1.29, 1.82) is 0 Å². The zero-order valence-electron chi connectivity index (χ0n) is 17.2. The number of rotatable bonds is 6. The zero-order valence-corrected chi connectivity index (χ0v) is 19.4. The van der Waals surface area contributed by atoms with Gasteiger partial charge in [-0.1, -0.05) is 6.07 Å². The molecule has 2 amide bonds. The standard InChI is InChI=1S/C23H23F2IN4O2/c24-15-4-5-19-16(12-15)14(13-29-19)6-9-28-22(32)23(7-10-27-11-8-23)30-21(31)20-17(25)2-1-3-18(20)26/h1-5,12-13,27,29H,6-11H2,(H,28,32)(H,30,31). The molecule has 168 valence electrons. The summed E-state index contributed by atoms with van der Waals surface area (Å²) >= 11 is 1.91. The minimum Gasteiger partial charge on any atom is -0.361 e. The van der Waals surface area contributed by atoms with E-state index in [1.165, 1.54) is 24.3 Å². The van der Waals surface area contributed by atoms with Crippen LogP contribution in [0.2, 0.25) is 0 Å². The normalized spacial score (nSPS) is 15.5. The second kappa shape index (κ2) is 9.53. The average Bonchev–Trinajstić information content (AvgIpc) is 3.16. The molecule has 0 aliphatic carbocycles. The third-order valence-electron chi connectivity index (χ3n) is 5.84. The van der Waals surface area contributed by atoms with Crippen LogP contribution in [0.15, 0.2) is 42.6 Å². The van der Waals surface area contributed by atoms with E-state index in [1.807, 2.05) is 22.6 Å². The largest absolute Gasteiger partial charge is 0.361 e. The maximum Gasteiger partial charge on any atom is 0.256 e. The third kappa shape index (κ3) is 4.63. The number of halogens is 3. The molecule has 0 saturated carbocycles. The van der Waals surface area contributed by atoms with E-state index in [1.54, 1.807) is 18.3 Å². The van der Waals surface area contributed by atoms with Gasteiger partial charge in [0.15, 0.2) is 0 Å². The molecule has 2 heterocycles. The molecular formula is C23H23F2IN4O2. The summed E-state index contributed by atoms with van der Waals surface area (Å²) in [7, 11) is 0. The van der Waals surface area contributed by atoms with Gasteiger partial charge in [-0.25, -0.2) is 8.78 Å². The number of benzene rings is 2. The molecule has 2 aromatic carbocycles. The van der Waals surface area contributed by atoms with Crippen LogP contribution in [0.5, 0.6) is 0 Å². The van der Waals surface area contributed by atoms with E-state index < -0.39 is 17.3 Å². The second-order valence-corrected chi connectivity index (χ2v) is 9.05. The molecule has 4 rings (SSSR count). The van der Waals surface area contributed by atoms with Crippen LogP contribution in [-0.4, -0.2) is 42.0 Å². The van der Waals surface area contributed by atoms with E-state index in [4.69, 9.17) is 0 Å². The predicted molar refractivity (Wildman–Crippen MR) is 126 cm³/mol. The number of carbonyl (C=O) groups is 2. The number of aromatic nitrogens is 1. The zero-order chi connectivity index (χ0) is 22.7. The summed E-state index contributed by atoms with van der Waals surface area (Å²) in [5.74, 6) is -1.84.